The van der Waals surface area contributed by atoms with Gasteiger partial charge in [0.2, 0.25) is 0 Å². The Morgan fingerprint density at radius 1 is 1.33 bits per heavy atom. The highest BCUT2D eigenvalue weighted by molar-refractivity contribution is 9.11. The lowest BCUT2D eigenvalue weighted by Gasteiger charge is -2.06. The average Bonchev–Trinajstić information content (AvgIpc) is 2.67. The maximum atomic E-state index is 12.1. The number of anilines is 1. The van der Waals surface area contributed by atoms with Gasteiger partial charge in [0.25, 0.3) is 10.0 Å². The summed E-state index contributed by atoms with van der Waals surface area (Å²) >= 11 is 13.4. The van der Waals surface area contributed by atoms with E-state index in [-0.39, 0.29) is 4.90 Å². The highest BCUT2D eigenvalue weighted by atomic mass is 79.9. The van der Waals surface area contributed by atoms with E-state index in [2.05, 4.69) is 41.6 Å². The van der Waals surface area contributed by atoms with Gasteiger partial charge < -0.3 is 0 Å². The van der Waals surface area contributed by atoms with Gasteiger partial charge in [0, 0.05) is 4.47 Å². The zero-order valence-corrected chi connectivity index (χ0v) is 14.1. The summed E-state index contributed by atoms with van der Waals surface area (Å²) in [6, 6.07) is 4.38. The normalized spacial score (nSPS) is 11.5. The fourth-order valence-electron chi connectivity index (χ4n) is 1.12. The van der Waals surface area contributed by atoms with Gasteiger partial charge in [-0.15, -0.1) is 0 Å². The minimum atomic E-state index is -3.65. The molecule has 96 valence electrons. The second-order valence-electron chi connectivity index (χ2n) is 3.15. The van der Waals surface area contributed by atoms with Gasteiger partial charge in [-0.2, -0.15) is 0 Å². The Bertz CT molecular complexity index is 688. The van der Waals surface area contributed by atoms with Crippen molar-refractivity contribution < 1.29 is 8.42 Å². The van der Waals surface area contributed by atoms with Crippen LogP contribution in [0.2, 0.25) is 5.02 Å². The first kappa shape index (κ1) is 14.3. The fourth-order valence-corrected chi connectivity index (χ4v) is 4.14. The second-order valence-corrected chi connectivity index (χ2v) is 8.50. The molecule has 9 heteroatoms. The molecule has 0 unspecified atom stereocenters. The molecule has 0 fully saturated rings. The Balaban J connectivity index is 2.33. The van der Waals surface area contributed by atoms with E-state index in [1.807, 2.05) is 0 Å². The van der Waals surface area contributed by atoms with Crippen LogP contribution in [-0.2, 0) is 10.0 Å². The van der Waals surface area contributed by atoms with E-state index in [9.17, 15) is 8.42 Å². The maximum absolute atomic E-state index is 12.1. The summed E-state index contributed by atoms with van der Waals surface area (Å²) in [5.41, 5.74) is 0. The number of thiazole rings is 1. The second kappa shape index (κ2) is 5.46. The van der Waals surface area contributed by atoms with Gasteiger partial charge in [-0.25, -0.2) is 13.4 Å². The molecule has 0 bridgehead atoms. The highest BCUT2D eigenvalue weighted by Crippen LogP contribution is 2.28. The van der Waals surface area contributed by atoms with Gasteiger partial charge in [-0.1, -0.05) is 22.9 Å². The molecule has 0 aliphatic carbocycles. The lowest BCUT2D eigenvalue weighted by atomic mass is 10.4. The van der Waals surface area contributed by atoms with Gasteiger partial charge >= 0.3 is 0 Å². The van der Waals surface area contributed by atoms with Crippen molar-refractivity contribution in [2.45, 2.75) is 4.90 Å². The molecule has 1 N–H and O–H groups in total. The van der Waals surface area contributed by atoms with Crippen molar-refractivity contribution in [3.05, 3.63) is 37.7 Å². The number of benzene rings is 1. The van der Waals surface area contributed by atoms with E-state index in [4.69, 9.17) is 11.6 Å². The number of nitrogens with zero attached hydrogens (tertiary/aromatic N) is 1. The summed E-state index contributed by atoms with van der Waals surface area (Å²) in [6.07, 6.45) is 1.53. The van der Waals surface area contributed by atoms with Gasteiger partial charge in [0.1, 0.15) is 0 Å². The van der Waals surface area contributed by atoms with Crippen molar-refractivity contribution in [2.24, 2.45) is 0 Å². The van der Waals surface area contributed by atoms with E-state index in [1.54, 1.807) is 0 Å². The average molecular weight is 433 g/mol. The van der Waals surface area contributed by atoms with Crippen LogP contribution in [-0.4, -0.2) is 13.4 Å². The third kappa shape index (κ3) is 3.24. The van der Waals surface area contributed by atoms with Gasteiger partial charge in [0.15, 0.2) is 5.13 Å². The van der Waals surface area contributed by atoms with Gasteiger partial charge in [0.05, 0.1) is 19.9 Å². The number of hydrogen-bond donors (Lipinski definition) is 1. The molecule has 0 saturated heterocycles. The van der Waals surface area contributed by atoms with Crippen molar-refractivity contribution in [2.75, 3.05) is 4.72 Å². The van der Waals surface area contributed by atoms with E-state index < -0.39 is 10.0 Å². The number of rotatable bonds is 3. The molecule has 0 aliphatic heterocycles. The predicted octanol–water partition coefficient (Wildman–Crippen LogP) is 4.12. The fraction of sp³-hybridized carbons (Fsp3) is 0. The Morgan fingerprint density at radius 2 is 2.06 bits per heavy atom. The van der Waals surface area contributed by atoms with Gasteiger partial charge in [-0.05, 0) is 50.1 Å². The molecule has 0 atom stereocenters. The molecule has 2 rings (SSSR count). The highest BCUT2D eigenvalue weighted by Gasteiger charge is 2.17. The molecular weight excluding hydrogens is 428 g/mol. The number of aromatic nitrogens is 1. The lowest BCUT2D eigenvalue weighted by molar-refractivity contribution is 0.601. The molecule has 4 nitrogen and oxygen atoms in total. The van der Waals surface area contributed by atoms with Crippen LogP contribution in [0.3, 0.4) is 0 Å². The maximum Gasteiger partial charge on any atom is 0.263 e. The van der Waals surface area contributed by atoms with Crippen molar-refractivity contribution in [1.82, 2.24) is 4.98 Å². The van der Waals surface area contributed by atoms with Gasteiger partial charge in [-0.3, -0.25) is 4.72 Å². The summed E-state index contributed by atoms with van der Waals surface area (Å²) in [4.78, 5) is 4.03. The summed E-state index contributed by atoms with van der Waals surface area (Å²) in [5.74, 6) is 0. The summed E-state index contributed by atoms with van der Waals surface area (Å²) in [5, 5.41) is 0.749. The minimum absolute atomic E-state index is 0.116. The topological polar surface area (TPSA) is 59.1 Å². The van der Waals surface area contributed by atoms with Crippen LogP contribution in [0.1, 0.15) is 0 Å². The Labute approximate surface area is 130 Å². The van der Waals surface area contributed by atoms with Crippen molar-refractivity contribution in [3.63, 3.8) is 0 Å². The molecule has 1 aromatic heterocycles. The number of hydrogen-bond acceptors (Lipinski definition) is 4. The monoisotopic (exact) mass is 430 g/mol. The van der Waals surface area contributed by atoms with Crippen molar-refractivity contribution in [3.8, 4) is 0 Å². The van der Waals surface area contributed by atoms with Crippen LogP contribution in [0, 0.1) is 0 Å². The van der Waals surface area contributed by atoms with E-state index in [0.29, 0.717) is 14.6 Å². The van der Waals surface area contributed by atoms with E-state index in [1.165, 1.54) is 35.7 Å². The molecular formula is C9H5Br2ClN2O2S2. The number of nitrogens with one attached hydrogen (secondary N) is 1. The largest absolute Gasteiger partial charge is 0.263 e. The van der Waals surface area contributed by atoms with E-state index in [0.717, 1.165) is 3.79 Å². The Morgan fingerprint density at radius 3 is 2.61 bits per heavy atom. The SMILES string of the molecule is O=S(=O)(Nc1ncc(Br)s1)c1ccc(Cl)c(Br)c1. The van der Waals surface area contributed by atoms with Crippen LogP contribution in [0.4, 0.5) is 5.13 Å². The summed E-state index contributed by atoms with van der Waals surface area (Å²) < 4.78 is 27.8. The molecule has 0 amide bonds. The first-order valence-electron chi connectivity index (χ1n) is 4.48. The quantitative estimate of drug-likeness (QED) is 0.794. The number of halogens is 3. The van der Waals surface area contributed by atoms with Crippen LogP contribution < -0.4 is 4.72 Å². The molecule has 0 spiro atoms. The van der Waals surface area contributed by atoms with Crippen LogP contribution in [0.5, 0.6) is 0 Å². The van der Waals surface area contributed by atoms with Crippen molar-refractivity contribution in [1.29, 1.82) is 0 Å². The summed E-state index contributed by atoms with van der Waals surface area (Å²) in [6.45, 7) is 0. The first-order chi connectivity index (χ1) is 8.38. The van der Waals surface area contributed by atoms with E-state index >= 15 is 0 Å². The Kier molecular flexibility index (Phi) is 4.32. The standard InChI is InChI=1S/C9H5Br2ClN2O2S2/c10-6-3-5(1-2-7(6)12)18(15,16)14-9-13-4-8(11)17-9/h1-4H,(H,13,14). The molecule has 0 radical (unpaired) electrons. The molecule has 1 aromatic carbocycles. The zero-order valence-electron chi connectivity index (χ0n) is 8.52. The third-order valence-corrected chi connectivity index (χ3v) is 5.97. The summed E-state index contributed by atoms with van der Waals surface area (Å²) in [7, 11) is -3.65. The molecule has 0 aliphatic rings. The van der Waals surface area contributed by atoms with Crippen molar-refractivity contribution >= 4 is 70.0 Å². The predicted molar refractivity (Wildman–Crippen MR) is 79.8 cm³/mol. The molecule has 0 saturated carbocycles. The molecule has 18 heavy (non-hydrogen) atoms. The first-order valence-corrected chi connectivity index (χ1v) is 8.74. The Hall–Kier alpha value is -0.150. The zero-order chi connectivity index (χ0) is 13.3. The minimum Gasteiger partial charge on any atom is -0.255 e. The lowest BCUT2D eigenvalue weighted by Crippen LogP contribution is -2.12. The smallest absolute Gasteiger partial charge is 0.255 e. The molecule has 1 heterocycles. The van der Waals surface area contributed by atoms with Crippen LogP contribution >= 0.6 is 54.8 Å². The molecule has 2 aromatic rings. The van der Waals surface area contributed by atoms with Crippen LogP contribution in [0.25, 0.3) is 0 Å². The van der Waals surface area contributed by atoms with Crippen LogP contribution in [0.15, 0.2) is 37.6 Å². The number of sulfonamides is 1. The third-order valence-electron chi connectivity index (χ3n) is 1.90.